The normalized spacial score (nSPS) is 10.4. The van der Waals surface area contributed by atoms with Crippen LogP contribution >= 0.6 is 0 Å². The van der Waals surface area contributed by atoms with Crippen molar-refractivity contribution >= 4 is 24.1 Å². The van der Waals surface area contributed by atoms with E-state index in [1.165, 1.54) is 0 Å². The van der Waals surface area contributed by atoms with Crippen molar-refractivity contribution in [2.45, 2.75) is 38.1 Å². The maximum absolute atomic E-state index is 11.4. The molecule has 0 spiro atoms. The lowest BCUT2D eigenvalue weighted by Crippen LogP contribution is -2.46. The predicted molar refractivity (Wildman–Crippen MR) is 72.7 cm³/mol. The van der Waals surface area contributed by atoms with Gasteiger partial charge in [-0.15, -0.1) is 0 Å². The van der Waals surface area contributed by atoms with Gasteiger partial charge in [0.15, 0.2) is 0 Å². The number of nitrogens with one attached hydrogen (secondary N) is 2. The first kappa shape index (κ1) is 21.8. The van der Waals surface area contributed by atoms with Crippen LogP contribution in [0.3, 0.4) is 0 Å². The predicted octanol–water partition coefficient (Wildman–Crippen LogP) is -0.851. The second kappa shape index (κ2) is 14.9. The monoisotopic (exact) mass is 319 g/mol. The summed E-state index contributed by atoms with van der Waals surface area (Å²) in [5.41, 5.74) is 5.31. The molecule has 6 N–H and O–H groups in total. The van der Waals surface area contributed by atoms with Gasteiger partial charge >= 0.3 is 24.1 Å². The van der Waals surface area contributed by atoms with Gasteiger partial charge in [-0.1, -0.05) is 6.42 Å². The van der Waals surface area contributed by atoms with E-state index in [2.05, 4.69) is 10.6 Å². The van der Waals surface area contributed by atoms with Crippen molar-refractivity contribution in [3.8, 4) is 0 Å². The molecule has 0 rings (SSSR count). The minimum absolute atomic E-state index is 0.148. The zero-order valence-electron chi connectivity index (χ0n) is 12.0. The van der Waals surface area contributed by atoms with Crippen LogP contribution in [0.25, 0.3) is 0 Å². The third kappa shape index (κ3) is 15.6. The van der Waals surface area contributed by atoms with Gasteiger partial charge in [0.25, 0.3) is 0 Å². The van der Waals surface area contributed by atoms with Gasteiger partial charge < -0.3 is 26.6 Å². The molecule has 0 aliphatic carbocycles. The minimum Gasteiger partial charge on any atom is -0.481 e. The van der Waals surface area contributed by atoms with E-state index in [0.717, 1.165) is 19.3 Å². The number of aliphatic carboxylic acids is 2. The average molecular weight is 319 g/mol. The van der Waals surface area contributed by atoms with E-state index >= 15 is 0 Å². The number of carbonyl (C=O) groups excluding carboxylic acids is 3. The molecule has 0 saturated carbocycles. The van der Waals surface area contributed by atoms with Crippen LogP contribution in [-0.2, 0) is 19.2 Å². The van der Waals surface area contributed by atoms with Crippen molar-refractivity contribution in [2.75, 3.05) is 13.1 Å². The van der Waals surface area contributed by atoms with Gasteiger partial charge in [-0.2, -0.15) is 9.59 Å². The molecule has 22 heavy (non-hydrogen) atoms. The van der Waals surface area contributed by atoms with Crippen molar-refractivity contribution in [2.24, 2.45) is 5.73 Å². The molecule has 126 valence electrons. The quantitative estimate of drug-likeness (QED) is 0.323. The SMILES string of the molecule is NCCCCCNC(=O)N[C@@H](CCC(=O)O)C(=O)O.O=C=O. The first-order valence-electron chi connectivity index (χ1n) is 6.57. The van der Waals surface area contributed by atoms with Crippen LogP contribution in [0, 0.1) is 0 Å². The average Bonchev–Trinajstić information content (AvgIpc) is 2.43. The molecule has 0 aliphatic heterocycles. The van der Waals surface area contributed by atoms with E-state index < -0.39 is 24.0 Å². The molecule has 0 aromatic heterocycles. The molecule has 0 saturated heterocycles. The topological polar surface area (TPSA) is 176 Å². The van der Waals surface area contributed by atoms with Gasteiger partial charge in [0, 0.05) is 13.0 Å². The number of nitrogens with two attached hydrogens (primary N) is 1. The first-order valence-corrected chi connectivity index (χ1v) is 6.57. The van der Waals surface area contributed by atoms with Gasteiger partial charge in [-0.05, 0) is 25.8 Å². The summed E-state index contributed by atoms with van der Waals surface area (Å²) in [6, 6.07) is -1.80. The van der Waals surface area contributed by atoms with Crippen LogP contribution in [0.5, 0.6) is 0 Å². The van der Waals surface area contributed by atoms with Crippen molar-refractivity contribution in [3.63, 3.8) is 0 Å². The lowest BCUT2D eigenvalue weighted by molar-refractivity contribution is -0.191. The summed E-state index contributed by atoms with van der Waals surface area (Å²) >= 11 is 0. The number of carbonyl (C=O) groups is 3. The molecule has 0 fully saturated rings. The molecule has 10 nitrogen and oxygen atoms in total. The van der Waals surface area contributed by atoms with E-state index in [9.17, 15) is 14.4 Å². The Labute approximate surface area is 127 Å². The van der Waals surface area contributed by atoms with Crippen LogP contribution < -0.4 is 16.4 Å². The molecule has 0 unspecified atom stereocenters. The summed E-state index contributed by atoms with van der Waals surface area (Å²) < 4.78 is 0. The molecule has 0 aromatic carbocycles. The van der Waals surface area contributed by atoms with Crippen molar-refractivity contribution < 1.29 is 34.2 Å². The Hall–Kier alpha value is -2.45. The fourth-order valence-corrected chi connectivity index (χ4v) is 1.38. The van der Waals surface area contributed by atoms with E-state index in [0.29, 0.717) is 13.1 Å². The molecule has 1 atom stereocenters. The third-order valence-corrected chi connectivity index (χ3v) is 2.42. The van der Waals surface area contributed by atoms with Crippen LogP contribution in [0.4, 0.5) is 4.79 Å². The standard InChI is InChI=1S/C11H21N3O5.CO2/c12-6-2-1-3-7-13-11(19)14-8(10(17)18)4-5-9(15)16;2-1-3/h8H,1-7,12H2,(H,15,16)(H,17,18)(H2,13,14,19);/t8-;/m0./s1. The fraction of sp³-hybridized carbons (Fsp3) is 0.667. The maximum Gasteiger partial charge on any atom is 0.373 e. The summed E-state index contributed by atoms with van der Waals surface area (Å²) in [4.78, 5) is 48.8. The highest BCUT2D eigenvalue weighted by molar-refractivity contribution is 5.82. The Morgan fingerprint density at radius 1 is 1.09 bits per heavy atom. The number of hydrogen-bond acceptors (Lipinski definition) is 6. The van der Waals surface area contributed by atoms with Gasteiger partial charge in [-0.25, -0.2) is 9.59 Å². The van der Waals surface area contributed by atoms with Crippen LogP contribution in [-0.4, -0.2) is 53.5 Å². The first-order chi connectivity index (χ1) is 10.4. The zero-order valence-corrected chi connectivity index (χ0v) is 12.0. The van der Waals surface area contributed by atoms with Gasteiger partial charge in [-0.3, -0.25) is 4.79 Å². The fourth-order valence-electron chi connectivity index (χ4n) is 1.38. The zero-order chi connectivity index (χ0) is 17.4. The Balaban J connectivity index is 0. The third-order valence-electron chi connectivity index (χ3n) is 2.42. The molecule has 2 amide bonds. The maximum atomic E-state index is 11.4. The van der Waals surface area contributed by atoms with E-state index in [4.69, 9.17) is 25.5 Å². The van der Waals surface area contributed by atoms with E-state index in [1.807, 2.05) is 0 Å². The molecule has 0 bridgehead atoms. The van der Waals surface area contributed by atoms with E-state index in [-0.39, 0.29) is 19.0 Å². The van der Waals surface area contributed by atoms with Gasteiger partial charge in [0.2, 0.25) is 0 Å². The second-order valence-corrected chi connectivity index (χ2v) is 4.16. The number of carboxylic acids is 2. The Morgan fingerprint density at radius 2 is 1.68 bits per heavy atom. The highest BCUT2D eigenvalue weighted by Gasteiger charge is 2.20. The van der Waals surface area contributed by atoms with Crippen molar-refractivity contribution in [1.29, 1.82) is 0 Å². The summed E-state index contributed by atoms with van der Waals surface area (Å²) in [5.74, 6) is -2.35. The minimum atomic E-state index is -1.25. The largest absolute Gasteiger partial charge is 0.481 e. The number of urea groups is 1. The summed E-state index contributed by atoms with van der Waals surface area (Å²) in [7, 11) is 0. The molecular formula is C12H21N3O7. The van der Waals surface area contributed by atoms with Crippen molar-refractivity contribution in [1.82, 2.24) is 10.6 Å². The molecule has 0 radical (unpaired) electrons. The summed E-state index contributed by atoms with van der Waals surface area (Å²) in [6.45, 7) is 1.03. The number of hydrogen-bond donors (Lipinski definition) is 5. The van der Waals surface area contributed by atoms with Gasteiger partial charge in [0.05, 0.1) is 0 Å². The lowest BCUT2D eigenvalue weighted by atomic mass is 10.1. The molecule has 0 aromatic rings. The Morgan fingerprint density at radius 3 is 2.14 bits per heavy atom. The van der Waals surface area contributed by atoms with Crippen LogP contribution in [0.2, 0.25) is 0 Å². The van der Waals surface area contributed by atoms with Crippen LogP contribution in [0.15, 0.2) is 0 Å². The lowest BCUT2D eigenvalue weighted by Gasteiger charge is -2.14. The Kier molecular flexibility index (Phi) is 14.8. The summed E-state index contributed by atoms with van der Waals surface area (Å²) in [6.07, 6.45) is 2.31. The second-order valence-electron chi connectivity index (χ2n) is 4.16. The number of rotatable bonds is 10. The molecule has 0 aliphatic rings. The highest BCUT2D eigenvalue weighted by Crippen LogP contribution is 1.98. The summed E-state index contributed by atoms with van der Waals surface area (Å²) in [5, 5.41) is 22.0. The number of unbranched alkanes of at least 4 members (excludes halogenated alkanes) is 2. The molecular weight excluding hydrogens is 298 g/mol. The van der Waals surface area contributed by atoms with E-state index in [1.54, 1.807) is 0 Å². The number of carboxylic acid groups (broad SMARTS) is 2. The number of amides is 2. The highest BCUT2D eigenvalue weighted by atomic mass is 16.4. The van der Waals surface area contributed by atoms with Crippen LogP contribution in [0.1, 0.15) is 32.1 Å². The van der Waals surface area contributed by atoms with Gasteiger partial charge in [0.1, 0.15) is 6.04 Å². The smallest absolute Gasteiger partial charge is 0.373 e. The molecule has 10 heteroatoms. The molecule has 0 heterocycles. The Bertz CT molecular complexity index is 381. The van der Waals surface area contributed by atoms with Crippen molar-refractivity contribution in [3.05, 3.63) is 0 Å².